The third kappa shape index (κ3) is 5.87. The lowest BCUT2D eigenvalue weighted by Gasteiger charge is -2.36. The van der Waals surface area contributed by atoms with E-state index in [1.165, 1.54) is 0 Å². The fourth-order valence-electron chi connectivity index (χ4n) is 3.29. The Morgan fingerprint density at radius 1 is 1.26 bits per heavy atom. The summed E-state index contributed by atoms with van der Waals surface area (Å²) in [6.07, 6.45) is 1.72. The molecule has 1 unspecified atom stereocenters. The van der Waals surface area contributed by atoms with Crippen LogP contribution in [0.15, 0.2) is 18.2 Å². The number of rotatable bonds is 7. The van der Waals surface area contributed by atoms with Gasteiger partial charge in [0.25, 0.3) is 0 Å². The van der Waals surface area contributed by atoms with E-state index in [0.717, 1.165) is 12.8 Å². The van der Waals surface area contributed by atoms with Crippen molar-refractivity contribution in [1.29, 1.82) is 0 Å². The number of nitrogen functional groups attached to an aromatic ring is 1. The van der Waals surface area contributed by atoms with E-state index in [9.17, 15) is 4.79 Å². The lowest BCUT2D eigenvalue weighted by Crippen LogP contribution is -2.50. The van der Waals surface area contributed by atoms with Gasteiger partial charge < -0.3 is 15.8 Å². The van der Waals surface area contributed by atoms with Crippen molar-refractivity contribution in [2.24, 2.45) is 5.41 Å². The maximum absolute atomic E-state index is 12.8. The van der Waals surface area contributed by atoms with E-state index in [2.05, 4.69) is 39.9 Å². The van der Waals surface area contributed by atoms with Gasteiger partial charge in [0.1, 0.15) is 5.75 Å². The summed E-state index contributed by atoms with van der Waals surface area (Å²) >= 11 is 0. The molecule has 1 aromatic rings. The summed E-state index contributed by atoms with van der Waals surface area (Å²) in [5.74, 6) is 0.666. The van der Waals surface area contributed by atoms with Crippen molar-refractivity contribution in [3.8, 4) is 5.75 Å². The molecule has 1 rings (SSSR count). The Labute approximate surface area is 140 Å². The minimum atomic E-state index is -0.222. The van der Waals surface area contributed by atoms with Gasteiger partial charge in [-0.25, -0.2) is 0 Å². The second-order valence-corrected chi connectivity index (χ2v) is 8.05. The highest BCUT2D eigenvalue weighted by Gasteiger charge is 2.30. The van der Waals surface area contributed by atoms with Gasteiger partial charge in [0.15, 0.2) is 5.78 Å². The summed E-state index contributed by atoms with van der Waals surface area (Å²) in [6.45, 7) is 13.0. The van der Waals surface area contributed by atoms with Crippen molar-refractivity contribution in [2.75, 3.05) is 12.8 Å². The summed E-state index contributed by atoms with van der Waals surface area (Å²) in [7, 11) is 1.57. The Morgan fingerprint density at radius 2 is 1.87 bits per heavy atom. The third-order valence-electron chi connectivity index (χ3n) is 3.78. The van der Waals surface area contributed by atoms with Crippen LogP contribution >= 0.6 is 0 Å². The van der Waals surface area contributed by atoms with Crippen molar-refractivity contribution in [2.45, 2.75) is 66.0 Å². The molecule has 3 N–H and O–H groups in total. The molecule has 0 aromatic heterocycles. The van der Waals surface area contributed by atoms with Gasteiger partial charge >= 0.3 is 0 Å². The van der Waals surface area contributed by atoms with Crippen molar-refractivity contribution >= 4 is 11.5 Å². The number of carbonyl (C=O) groups excluding carboxylic acids is 1. The summed E-state index contributed by atoms with van der Waals surface area (Å²) in [6, 6.07) is 5.00. The number of hydrogen-bond donors (Lipinski definition) is 2. The van der Waals surface area contributed by atoms with Crippen LogP contribution in [0.25, 0.3) is 0 Å². The Hall–Kier alpha value is -1.55. The largest absolute Gasteiger partial charge is 0.495 e. The normalized spacial score (nSPS) is 13.7. The van der Waals surface area contributed by atoms with Crippen LogP contribution in [0.1, 0.15) is 64.7 Å². The average molecular weight is 320 g/mol. The van der Waals surface area contributed by atoms with E-state index >= 15 is 0 Å². The molecule has 0 radical (unpaired) electrons. The number of nitrogens with one attached hydrogen (secondary N) is 1. The molecular formula is C19H32N2O2. The molecule has 4 heteroatoms. The summed E-state index contributed by atoms with van der Waals surface area (Å²) in [5, 5.41) is 3.52. The molecule has 1 aromatic carbocycles. The van der Waals surface area contributed by atoms with Gasteiger partial charge in [-0.15, -0.1) is 0 Å². The predicted octanol–water partition coefficient (Wildman–Crippen LogP) is 4.04. The molecule has 1 atom stereocenters. The van der Waals surface area contributed by atoms with E-state index in [4.69, 9.17) is 10.5 Å². The van der Waals surface area contributed by atoms with E-state index < -0.39 is 0 Å². The predicted molar refractivity (Wildman–Crippen MR) is 97.1 cm³/mol. The highest BCUT2D eigenvalue weighted by molar-refractivity contribution is 6.01. The minimum absolute atomic E-state index is 0.0730. The van der Waals surface area contributed by atoms with Crippen molar-refractivity contribution in [3.05, 3.63) is 23.8 Å². The molecule has 0 saturated heterocycles. The highest BCUT2D eigenvalue weighted by atomic mass is 16.5. The van der Waals surface area contributed by atoms with E-state index in [1.807, 2.05) is 6.92 Å². The molecule has 0 spiro atoms. The zero-order valence-electron chi connectivity index (χ0n) is 15.6. The van der Waals surface area contributed by atoms with E-state index in [1.54, 1.807) is 25.3 Å². The number of ether oxygens (including phenoxy) is 1. The van der Waals surface area contributed by atoms with Crippen LogP contribution in [0.3, 0.4) is 0 Å². The molecule has 0 aliphatic carbocycles. The monoisotopic (exact) mass is 320 g/mol. The first-order valence-electron chi connectivity index (χ1n) is 8.24. The summed E-state index contributed by atoms with van der Waals surface area (Å²) < 4.78 is 5.15. The first-order valence-corrected chi connectivity index (χ1v) is 8.24. The smallest absolute Gasteiger partial charge is 0.179 e. The molecule has 0 bridgehead atoms. The van der Waals surface area contributed by atoms with Gasteiger partial charge in [-0.1, -0.05) is 27.7 Å². The number of ketones is 1. The van der Waals surface area contributed by atoms with Gasteiger partial charge in [0.2, 0.25) is 0 Å². The van der Waals surface area contributed by atoms with Crippen LogP contribution in [0.2, 0.25) is 0 Å². The second kappa shape index (κ2) is 7.35. The Kier molecular flexibility index (Phi) is 6.23. The van der Waals surface area contributed by atoms with Gasteiger partial charge in [0.05, 0.1) is 18.8 Å². The Morgan fingerprint density at radius 3 is 2.30 bits per heavy atom. The average Bonchev–Trinajstić information content (AvgIpc) is 2.41. The maximum atomic E-state index is 12.8. The standard InChI is InChI=1S/C19H32N2O2/c1-8-15(21-19(5,6)12-18(2,3)4)17(22)13-9-10-16(23-7)14(20)11-13/h9-11,15,21H,8,12,20H2,1-7H3. The molecule has 0 aliphatic rings. The number of nitrogens with two attached hydrogens (primary N) is 1. The fraction of sp³-hybridized carbons (Fsp3) is 0.632. The Bertz CT molecular complexity index is 545. The molecule has 0 fully saturated rings. The van der Waals surface area contributed by atoms with Gasteiger partial charge in [-0.05, 0) is 50.3 Å². The zero-order valence-corrected chi connectivity index (χ0v) is 15.6. The lowest BCUT2D eigenvalue weighted by atomic mass is 9.81. The number of Topliss-reactive ketones (excluding diaryl/α,β-unsaturated/α-hetero) is 1. The van der Waals surface area contributed by atoms with Crippen LogP contribution in [0.5, 0.6) is 5.75 Å². The Balaban J connectivity index is 2.93. The number of anilines is 1. The molecule has 0 aliphatic heterocycles. The number of carbonyl (C=O) groups is 1. The molecule has 0 saturated carbocycles. The summed E-state index contributed by atoms with van der Waals surface area (Å²) in [4.78, 5) is 12.8. The second-order valence-electron chi connectivity index (χ2n) is 8.05. The minimum Gasteiger partial charge on any atom is -0.495 e. The summed E-state index contributed by atoms with van der Waals surface area (Å²) in [5.41, 5.74) is 7.11. The van der Waals surface area contributed by atoms with Crippen molar-refractivity contribution < 1.29 is 9.53 Å². The topological polar surface area (TPSA) is 64.3 Å². The quantitative estimate of drug-likeness (QED) is 0.588. The highest BCUT2D eigenvalue weighted by Crippen LogP contribution is 2.28. The molecule has 0 heterocycles. The van der Waals surface area contributed by atoms with E-state index in [0.29, 0.717) is 17.0 Å². The van der Waals surface area contributed by atoms with Crippen LogP contribution in [-0.2, 0) is 0 Å². The zero-order chi connectivity index (χ0) is 17.8. The van der Waals surface area contributed by atoms with Crippen LogP contribution in [0.4, 0.5) is 5.69 Å². The molecule has 4 nitrogen and oxygen atoms in total. The first-order chi connectivity index (χ1) is 10.5. The molecular weight excluding hydrogens is 288 g/mol. The molecule has 130 valence electrons. The number of hydrogen-bond acceptors (Lipinski definition) is 4. The van der Waals surface area contributed by atoms with Crippen LogP contribution in [0, 0.1) is 5.41 Å². The van der Waals surface area contributed by atoms with Gasteiger partial charge in [-0.3, -0.25) is 4.79 Å². The van der Waals surface area contributed by atoms with Crippen molar-refractivity contribution in [1.82, 2.24) is 5.32 Å². The fourth-order valence-corrected chi connectivity index (χ4v) is 3.29. The maximum Gasteiger partial charge on any atom is 0.179 e. The number of benzene rings is 1. The molecule has 23 heavy (non-hydrogen) atoms. The third-order valence-corrected chi connectivity index (χ3v) is 3.78. The van der Waals surface area contributed by atoms with Crippen LogP contribution in [-0.4, -0.2) is 24.5 Å². The van der Waals surface area contributed by atoms with Gasteiger partial charge in [-0.2, -0.15) is 0 Å². The first kappa shape index (κ1) is 19.5. The number of methoxy groups -OCH3 is 1. The van der Waals surface area contributed by atoms with Crippen LogP contribution < -0.4 is 15.8 Å². The van der Waals surface area contributed by atoms with E-state index in [-0.39, 0.29) is 22.8 Å². The lowest BCUT2D eigenvalue weighted by molar-refractivity contribution is 0.0906. The SMILES string of the molecule is CCC(NC(C)(C)CC(C)(C)C)C(=O)c1ccc(OC)c(N)c1. The molecule has 0 amide bonds. The van der Waals surface area contributed by atoms with Crippen molar-refractivity contribution in [3.63, 3.8) is 0 Å². The van der Waals surface area contributed by atoms with Gasteiger partial charge in [0, 0.05) is 11.1 Å².